The van der Waals surface area contributed by atoms with Crippen LogP contribution in [0.1, 0.15) is 37.3 Å². The fraction of sp³-hybridized carbons (Fsp3) is 0.400. The molecule has 0 aliphatic rings. The van der Waals surface area contributed by atoms with E-state index in [0.717, 1.165) is 42.2 Å². The summed E-state index contributed by atoms with van der Waals surface area (Å²) in [5.74, 6) is 0. The Labute approximate surface area is 107 Å². The third-order valence-corrected chi connectivity index (χ3v) is 3.34. The Hall–Kier alpha value is -1.77. The molecule has 1 aromatic carbocycles. The number of hydrogen-bond donors (Lipinski definition) is 1. The summed E-state index contributed by atoms with van der Waals surface area (Å²) >= 11 is 0. The van der Waals surface area contributed by atoms with Gasteiger partial charge in [0, 0.05) is 22.7 Å². The van der Waals surface area contributed by atoms with Crippen molar-refractivity contribution < 1.29 is 4.42 Å². The molecule has 1 heterocycles. The number of unbranched alkanes of at least 4 members (excludes halogenated alkanes) is 2. The summed E-state index contributed by atoms with van der Waals surface area (Å²) in [7, 11) is 0. The highest BCUT2D eigenvalue weighted by Gasteiger charge is 2.10. The Kier molecular flexibility index (Phi) is 3.70. The highest BCUT2D eigenvalue weighted by Crippen LogP contribution is 2.22. The van der Waals surface area contributed by atoms with Gasteiger partial charge in [-0.1, -0.05) is 19.8 Å². The van der Waals surface area contributed by atoms with Gasteiger partial charge >= 0.3 is 5.63 Å². The number of nitrogen functional groups attached to an aromatic ring is 1. The van der Waals surface area contributed by atoms with Gasteiger partial charge < -0.3 is 10.2 Å². The van der Waals surface area contributed by atoms with Gasteiger partial charge in [0.05, 0.1) is 0 Å². The molecule has 0 bridgehead atoms. The van der Waals surface area contributed by atoms with Crippen molar-refractivity contribution in [2.24, 2.45) is 0 Å². The van der Waals surface area contributed by atoms with Crippen molar-refractivity contribution in [1.82, 2.24) is 0 Å². The average molecular weight is 245 g/mol. The first-order valence-corrected chi connectivity index (χ1v) is 6.45. The number of anilines is 1. The van der Waals surface area contributed by atoms with Crippen LogP contribution in [0.15, 0.2) is 27.4 Å². The second-order valence-corrected chi connectivity index (χ2v) is 4.71. The van der Waals surface area contributed by atoms with Crippen LogP contribution in [0.25, 0.3) is 11.0 Å². The average Bonchev–Trinajstić information content (AvgIpc) is 2.33. The number of aryl methyl sites for hydroxylation is 1. The molecule has 0 atom stereocenters. The van der Waals surface area contributed by atoms with E-state index < -0.39 is 0 Å². The van der Waals surface area contributed by atoms with Gasteiger partial charge in [-0.3, -0.25) is 0 Å². The van der Waals surface area contributed by atoms with Crippen molar-refractivity contribution in [2.75, 3.05) is 5.73 Å². The zero-order chi connectivity index (χ0) is 13.1. The first-order chi connectivity index (χ1) is 8.63. The third-order valence-electron chi connectivity index (χ3n) is 3.34. The lowest BCUT2D eigenvalue weighted by Crippen LogP contribution is -2.10. The maximum absolute atomic E-state index is 12.0. The van der Waals surface area contributed by atoms with E-state index in [1.807, 2.05) is 19.1 Å². The normalized spacial score (nSPS) is 11.0. The van der Waals surface area contributed by atoms with Crippen LogP contribution < -0.4 is 11.4 Å². The van der Waals surface area contributed by atoms with E-state index in [-0.39, 0.29) is 5.63 Å². The van der Waals surface area contributed by atoms with Gasteiger partial charge in [0.1, 0.15) is 5.58 Å². The summed E-state index contributed by atoms with van der Waals surface area (Å²) in [5, 5.41) is 0.982. The molecular formula is C15H19NO2. The molecule has 0 unspecified atom stereocenters. The predicted molar refractivity (Wildman–Crippen MR) is 74.9 cm³/mol. The summed E-state index contributed by atoms with van der Waals surface area (Å²) in [6, 6.07) is 5.47. The summed E-state index contributed by atoms with van der Waals surface area (Å²) in [6.45, 7) is 4.13. The third kappa shape index (κ3) is 2.40. The molecule has 2 aromatic rings. The van der Waals surface area contributed by atoms with Crippen LogP contribution in [0, 0.1) is 6.92 Å². The van der Waals surface area contributed by atoms with E-state index in [2.05, 4.69) is 6.92 Å². The number of rotatable bonds is 4. The van der Waals surface area contributed by atoms with Crippen LogP contribution in [-0.4, -0.2) is 0 Å². The Morgan fingerprint density at radius 2 is 2.06 bits per heavy atom. The van der Waals surface area contributed by atoms with Crippen LogP contribution in [0.2, 0.25) is 0 Å². The Morgan fingerprint density at radius 1 is 1.28 bits per heavy atom. The maximum atomic E-state index is 12.0. The minimum Gasteiger partial charge on any atom is -0.422 e. The molecule has 3 nitrogen and oxygen atoms in total. The van der Waals surface area contributed by atoms with Crippen LogP contribution in [0.3, 0.4) is 0 Å². The quantitative estimate of drug-likeness (QED) is 0.510. The second kappa shape index (κ2) is 5.25. The molecule has 1 aromatic heterocycles. The fourth-order valence-electron chi connectivity index (χ4n) is 2.25. The van der Waals surface area contributed by atoms with E-state index in [1.54, 1.807) is 6.07 Å². The molecule has 0 saturated heterocycles. The van der Waals surface area contributed by atoms with Crippen molar-refractivity contribution in [3.05, 3.63) is 39.7 Å². The van der Waals surface area contributed by atoms with E-state index in [0.29, 0.717) is 11.3 Å². The summed E-state index contributed by atoms with van der Waals surface area (Å²) < 4.78 is 5.35. The van der Waals surface area contributed by atoms with Gasteiger partial charge in [-0.25, -0.2) is 4.79 Å². The first kappa shape index (κ1) is 12.7. The molecule has 18 heavy (non-hydrogen) atoms. The molecule has 0 radical (unpaired) electrons. The molecule has 3 heteroatoms. The van der Waals surface area contributed by atoms with Crippen LogP contribution in [-0.2, 0) is 6.42 Å². The lowest BCUT2D eigenvalue weighted by atomic mass is 10.0. The second-order valence-electron chi connectivity index (χ2n) is 4.71. The van der Waals surface area contributed by atoms with Crippen molar-refractivity contribution in [1.29, 1.82) is 0 Å². The first-order valence-electron chi connectivity index (χ1n) is 6.45. The molecular weight excluding hydrogens is 226 g/mol. The summed E-state index contributed by atoms with van der Waals surface area (Å²) in [6.07, 6.45) is 4.11. The highest BCUT2D eigenvalue weighted by molar-refractivity contribution is 5.83. The molecule has 0 fully saturated rings. The molecule has 2 rings (SSSR count). The van der Waals surface area contributed by atoms with Crippen LogP contribution >= 0.6 is 0 Å². The molecule has 0 aliphatic carbocycles. The molecule has 0 amide bonds. The van der Waals surface area contributed by atoms with Gasteiger partial charge in [0.25, 0.3) is 0 Å². The number of nitrogens with two attached hydrogens (primary N) is 1. The predicted octanol–water partition coefficient (Wildman–Crippen LogP) is 3.42. The lowest BCUT2D eigenvalue weighted by Gasteiger charge is -2.07. The highest BCUT2D eigenvalue weighted by atomic mass is 16.4. The van der Waals surface area contributed by atoms with E-state index >= 15 is 0 Å². The van der Waals surface area contributed by atoms with Crippen molar-refractivity contribution >= 4 is 16.7 Å². The zero-order valence-corrected chi connectivity index (χ0v) is 11.0. The lowest BCUT2D eigenvalue weighted by molar-refractivity contribution is 0.544. The molecule has 96 valence electrons. The molecule has 0 saturated carbocycles. The van der Waals surface area contributed by atoms with E-state index in [1.165, 1.54) is 0 Å². The SMILES string of the molecule is CCCCCc1c(C)c2ccc(N)cc2oc1=O. The van der Waals surface area contributed by atoms with Gasteiger partial charge in [0.15, 0.2) is 0 Å². The largest absolute Gasteiger partial charge is 0.422 e. The fourth-order valence-corrected chi connectivity index (χ4v) is 2.25. The van der Waals surface area contributed by atoms with Crippen LogP contribution in [0.4, 0.5) is 5.69 Å². The topological polar surface area (TPSA) is 56.2 Å². The monoisotopic (exact) mass is 245 g/mol. The standard InChI is InChI=1S/C15H19NO2/c1-3-4-5-6-13-10(2)12-8-7-11(16)9-14(12)18-15(13)17/h7-9H,3-6,16H2,1-2H3. The number of benzene rings is 1. The summed E-state index contributed by atoms with van der Waals surface area (Å²) in [5.41, 5.74) is 8.50. The van der Waals surface area contributed by atoms with Crippen LogP contribution in [0.5, 0.6) is 0 Å². The van der Waals surface area contributed by atoms with E-state index in [9.17, 15) is 4.79 Å². The minimum atomic E-state index is -0.221. The molecule has 0 spiro atoms. The van der Waals surface area contributed by atoms with Gasteiger partial charge in [-0.15, -0.1) is 0 Å². The number of fused-ring (bicyclic) bond motifs is 1. The Balaban J connectivity index is 2.48. The molecule has 2 N–H and O–H groups in total. The number of hydrogen-bond acceptors (Lipinski definition) is 3. The molecule has 0 aliphatic heterocycles. The van der Waals surface area contributed by atoms with Crippen molar-refractivity contribution in [2.45, 2.75) is 39.5 Å². The maximum Gasteiger partial charge on any atom is 0.339 e. The van der Waals surface area contributed by atoms with E-state index in [4.69, 9.17) is 10.2 Å². The zero-order valence-electron chi connectivity index (χ0n) is 11.0. The van der Waals surface area contributed by atoms with Gasteiger partial charge in [-0.05, 0) is 37.5 Å². The van der Waals surface area contributed by atoms with Gasteiger partial charge in [-0.2, -0.15) is 0 Å². The van der Waals surface area contributed by atoms with Crippen molar-refractivity contribution in [3.63, 3.8) is 0 Å². The minimum absolute atomic E-state index is 0.221. The van der Waals surface area contributed by atoms with Gasteiger partial charge in [0.2, 0.25) is 0 Å². The smallest absolute Gasteiger partial charge is 0.339 e. The Bertz CT molecular complexity index is 614. The Morgan fingerprint density at radius 3 is 2.78 bits per heavy atom. The van der Waals surface area contributed by atoms with Crippen molar-refractivity contribution in [3.8, 4) is 0 Å². The summed E-state index contributed by atoms with van der Waals surface area (Å²) in [4.78, 5) is 12.0.